The molecular weight excluding hydrogens is 414 g/mol. The summed E-state index contributed by atoms with van der Waals surface area (Å²) in [4.78, 5) is 37.5. The smallest absolute Gasteiger partial charge is 0.331 e. The van der Waals surface area contributed by atoms with Crippen LogP contribution in [0.15, 0.2) is 74.1 Å². The zero-order chi connectivity index (χ0) is 21.0. The molecule has 0 atom stereocenters. The number of carbonyl (C=O) groups excluding carboxylic acids is 1. The zero-order valence-corrected chi connectivity index (χ0v) is 17.3. The fourth-order valence-electron chi connectivity index (χ4n) is 2.52. The standard InChI is InChI=1S/C20H18ClN3O4S/c1-23-19(26)9-10-24(20(23)27)12-18(25)22-13-3-8-17(16(21)11-13)29-15-6-4-14(28-2)5-7-15/h3-11H,12H2,1-2H3,(H,22,25). The molecule has 0 aliphatic rings. The molecule has 3 rings (SSSR count). The third kappa shape index (κ3) is 5.10. The molecule has 0 radical (unpaired) electrons. The Hall–Kier alpha value is -2.97. The summed E-state index contributed by atoms with van der Waals surface area (Å²) in [5.41, 5.74) is -0.475. The van der Waals surface area contributed by atoms with Crippen molar-refractivity contribution in [2.75, 3.05) is 12.4 Å². The molecule has 0 saturated carbocycles. The summed E-state index contributed by atoms with van der Waals surface area (Å²) >= 11 is 7.85. The summed E-state index contributed by atoms with van der Waals surface area (Å²) in [6, 6.07) is 14.0. The lowest BCUT2D eigenvalue weighted by atomic mass is 10.3. The lowest BCUT2D eigenvalue weighted by Gasteiger charge is -2.10. The fourth-order valence-corrected chi connectivity index (χ4v) is 3.64. The Balaban J connectivity index is 1.68. The number of hydrogen-bond acceptors (Lipinski definition) is 5. The Labute approximate surface area is 175 Å². The van der Waals surface area contributed by atoms with Gasteiger partial charge in [-0.2, -0.15) is 0 Å². The van der Waals surface area contributed by atoms with E-state index in [0.717, 1.165) is 24.7 Å². The number of methoxy groups -OCH3 is 1. The molecule has 7 nitrogen and oxygen atoms in total. The molecule has 0 aliphatic heterocycles. The van der Waals surface area contributed by atoms with Crippen molar-refractivity contribution in [3.8, 4) is 5.75 Å². The van der Waals surface area contributed by atoms with Crippen LogP contribution in [0.5, 0.6) is 5.75 Å². The van der Waals surface area contributed by atoms with Gasteiger partial charge >= 0.3 is 5.69 Å². The quantitative estimate of drug-likeness (QED) is 0.648. The van der Waals surface area contributed by atoms with Gasteiger partial charge in [0.25, 0.3) is 5.56 Å². The van der Waals surface area contributed by atoms with Gasteiger partial charge in [-0.1, -0.05) is 23.4 Å². The van der Waals surface area contributed by atoms with Gasteiger partial charge < -0.3 is 10.1 Å². The lowest BCUT2D eigenvalue weighted by Crippen LogP contribution is -2.38. The highest BCUT2D eigenvalue weighted by atomic mass is 35.5. The molecule has 1 aromatic heterocycles. The highest BCUT2D eigenvalue weighted by Crippen LogP contribution is 2.35. The Morgan fingerprint density at radius 1 is 1.14 bits per heavy atom. The predicted octanol–water partition coefficient (Wildman–Crippen LogP) is 3.00. The molecular formula is C20H18ClN3O4S. The van der Waals surface area contributed by atoms with Crippen LogP contribution in [-0.2, 0) is 18.4 Å². The average Bonchev–Trinajstić information content (AvgIpc) is 2.71. The van der Waals surface area contributed by atoms with Gasteiger partial charge in [-0.15, -0.1) is 0 Å². The number of halogens is 1. The van der Waals surface area contributed by atoms with Crippen LogP contribution in [-0.4, -0.2) is 22.2 Å². The van der Waals surface area contributed by atoms with Crippen molar-refractivity contribution in [3.63, 3.8) is 0 Å². The monoisotopic (exact) mass is 431 g/mol. The van der Waals surface area contributed by atoms with Crippen LogP contribution in [0.4, 0.5) is 5.69 Å². The first-order valence-electron chi connectivity index (χ1n) is 8.55. The molecule has 9 heteroatoms. The molecule has 0 spiro atoms. The van der Waals surface area contributed by atoms with Gasteiger partial charge in [-0.05, 0) is 42.5 Å². The first kappa shape index (κ1) is 20.8. The number of benzene rings is 2. The fraction of sp³-hybridized carbons (Fsp3) is 0.150. The summed E-state index contributed by atoms with van der Waals surface area (Å²) in [5.74, 6) is 0.369. The van der Waals surface area contributed by atoms with Crippen LogP contribution in [0.1, 0.15) is 0 Å². The molecule has 0 saturated heterocycles. The molecule has 0 aliphatic carbocycles. The van der Waals surface area contributed by atoms with E-state index in [2.05, 4.69) is 5.32 Å². The maximum absolute atomic E-state index is 12.3. The van der Waals surface area contributed by atoms with Crippen LogP contribution >= 0.6 is 23.4 Å². The Morgan fingerprint density at radius 3 is 2.52 bits per heavy atom. The van der Waals surface area contributed by atoms with Gasteiger partial charge in [0.15, 0.2) is 0 Å². The Bertz CT molecular complexity index is 1160. The van der Waals surface area contributed by atoms with Crippen molar-refractivity contribution >= 4 is 35.0 Å². The van der Waals surface area contributed by atoms with Crippen molar-refractivity contribution in [2.45, 2.75) is 16.3 Å². The van der Waals surface area contributed by atoms with Gasteiger partial charge in [-0.3, -0.25) is 18.7 Å². The van der Waals surface area contributed by atoms with E-state index < -0.39 is 17.2 Å². The van der Waals surface area contributed by atoms with Gasteiger partial charge in [-0.25, -0.2) is 4.79 Å². The van der Waals surface area contributed by atoms with E-state index in [1.165, 1.54) is 31.1 Å². The van der Waals surface area contributed by atoms with Gasteiger partial charge in [0.05, 0.1) is 12.1 Å². The molecule has 3 aromatic rings. The largest absolute Gasteiger partial charge is 0.497 e. The molecule has 1 N–H and O–H groups in total. The first-order valence-corrected chi connectivity index (χ1v) is 9.74. The van der Waals surface area contributed by atoms with Crippen LogP contribution in [0.25, 0.3) is 0 Å². The maximum Gasteiger partial charge on any atom is 0.331 e. The normalized spacial score (nSPS) is 10.6. The van der Waals surface area contributed by atoms with Crippen LogP contribution in [0.3, 0.4) is 0 Å². The number of amides is 1. The van der Waals surface area contributed by atoms with Crippen LogP contribution in [0, 0.1) is 0 Å². The van der Waals surface area contributed by atoms with Gasteiger partial charge in [0.2, 0.25) is 5.91 Å². The molecule has 1 amide bonds. The number of carbonyl (C=O) groups is 1. The third-order valence-corrected chi connectivity index (χ3v) is 5.59. The second-order valence-electron chi connectivity index (χ2n) is 6.09. The van der Waals surface area contributed by atoms with E-state index in [1.807, 2.05) is 30.3 Å². The van der Waals surface area contributed by atoms with E-state index in [9.17, 15) is 14.4 Å². The SMILES string of the molecule is COc1ccc(Sc2ccc(NC(=O)Cn3ccc(=O)n(C)c3=O)cc2Cl)cc1. The van der Waals surface area contributed by atoms with Crippen molar-refractivity contribution in [1.29, 1.82) is 0 Å². The number of anilines is 1. The van der Waals surface area contributed by atoms with E-state index in [4.69, 9.17) is 16.3 Å². The van der Waals surface area contributed by atoms with Crippen molar-refractivity contribution < 1.29 is 9.53 Å². The van der Waals surface area contributed by atoms with Gasteiger partial charge in [0, 0.05) is 34.8 Å². The number of hydrogen-bond donors (Lipinski definition) is 1. The number of rotatable bonds is 6. The summed E-state index contributed by atoms with van der Waals surface area (Å²) < 4.78 is 7.24. The molecule has 0 fully saturated rings. The molecule has 2 aromatic carbocycles. The molecule has 29 heavy (non-hydrogen) atoms. The average molecular weight is 432 g/mol. The minimum absolute atomic E-state index is 0.215. The Morgan fingerprint density at radius 2 is 1.86 bits per heavy atom. The molecule has 150 valence electrons. The number of nitrogens with zero attached hydrogens (tertiary/aromatic N) is 2. The second kappa shape index (κ2) is 9.02. The van der Waals surface area contributed by atoms with E-state index in [-0.39, 0.29) is 6.54 Å². The Kier molecular flexibility index (Phi) is 6.46. The van der Waals surface area contributed by atoms with Gasteiger partial charge in [0.1, 0.15) is 12.3 Å². The van der Waals surface area contributed by atoms with Crippen LogP contribution in [0.2, 0.25) is 5.02 Å². The number of nitrogens with one attached hydrogen (secondary N) is 1. The van der Waals surface area contributed by atoms with Crippen molar-refractivity contribution in [1.82, 2.24) is 9.13 Å². The highest BCUT2D eigenvalue weighted by Gasteiger charge is 2.10. The minimum atomic E-state index is -0.558. The summed E-state index contributed by atoms with van der Waals surface area (Å²) in [5, 5.41) is 3.19. The molecule has 0 bridgehead atoms. The topological polar surface area (TPSA) is 82.3 Å². The minimum Gasteiger partial charge on any atom is -0.497 e. The van der Waals surface area contributed by atoms with E-state index >= 15 is 0 Å². The maximum atomic E-state index is 12.3. The summed E-state index contributed by atoms with van der Waals surface area (Å²) in [7, 11) is 2.97. The summed E-state index contributed by atoms with van der Waals surface area (Å²) in [6.45, 7) is -0.215. The number of ether oxygens (including phenoxy) is 1. The zero-order valence-electron chi connectivity index (χ0n) is 15.7. The van der Waals surface area contributed by atoms with E-state index in [0.29, 0.717) is 10.7 Å². The van der Waals surface area contributed by atoms with E-state index in [1.54, 1.807) is 19.2 Å². The lowest BCUT2D eigenvalue weighted by molar-refractivity contribution is -0.116. The van der Waals surface area contributed by atoms with Crippen LogP contribution < -0.4 is 21.3 Å². The third-order valence-electron chi connectivity index (χ3n) is 4.08. The van der Waals surface area contributed by atoms with Crippen molar-refractivity contribution in [3.05, 3.63) is 80.6 Å². The second-order valence-corrected chi connectivity index (χ2v) is 7.62. The summed E-state index contributed by atoms with van der Waals surface area (Å²) in [6.07, 6.45) is 1.30. The highest BCUT2D eigenvalue weighted by molar-refractivity contribution is 7.99. The molecule has 1 heterocycles. The predicted molar refractivity (Wildman–Crippen MR) is 113 cm³/mol. The van der Waals surface area contributed by atoms with Crippen molar-refractivity contribution in [2.24, 2.45) is 7.05 Å². The molecule has 0 unspecified atom stereocenters. The number of aromatic nitrogens is 2. The first-order chi connectivity index (χ1) is 13.9.